The van der Waals surface area contributed by atoms with Crippen LogP contribution in [0.25, 0.3) is 11.1 Å². The van der Waals surface area contributed by atoms with Crippen molar-refractivity contribution in [3.8, 4) is 23.3 Å². The van der Waals surface area contributed by atoms with Crippen LogP contribution in [0, 0.1) is 22.7 Å². The van der Waals surface area contributed by atoms with Gasteiger partial charge in [0.2, 0.25) is 0 Å². The molecule has 0 saturated heterocycles. The van der Waals surface area contributed by atoms with Gasteiger partial charge in [-0.1, -0.05) is 17.7 Å². The number of pyridine rings is 1. The normalized spacial score (nSPS) is 11.8. The largest absolute Gasteiger partial charge is 0.497 e. The van der Waals surface area contributed by atoms with Crippen molar-refractivity contribution in [3.63, 3.8) is 0 Å². The summed E-state index contributed by atoms with van der Waals surface area (Å²) in [6.07, 6.45) is -1.99. The second-order valence-electron chi connectivity index (χ2n) is 7.38. The highest BCUT2D eigenvalue weighted by Gasteiger charge is 2.33. The van der Waals surface area contributed by atoms with E-state index in [1.165, 1.54) is 24.4 Å². The molecule has 168 valence electrons. The van der Waals surface area contributed by atoms with Gasteiger partial charge in [0.1, 0.15) is 35.7 Å². The number of hydrogen-bond donors (Lipinski definition) is 2. The Hall–Kier alpha value is -3.47. The van der Waals surface area contributed by atoms with Gasteiger partial charge in [0, 0.05) is 18.8 Å². The van der Waals surface area contributed by atoms with E-state index in [4.69, 9.17) is 22.1 Å². The van der Waals surface area contributed by atoms with Gasteiger partial charge in [-0.2, -0.15) is 23.7 Å². The van der Waals surface area contributed by atoms with Gasteiger partial charge in [-0.05, 0) is 31.5 Å². The fourth-order valence-electron chi connectivity index (χ4n) is 2.71. The van der Waals surface area contributed by atoms with Crippen molar-refractivity contribution in [2.75, 3.05) is 24.3 Å². The molecule has 2 aromatic rings. The Morgan fingerprint density at radius 3 is 2.38 bits per heavy atom. The van der Waals surface area contributed by atoms with Crippen LogP contribution in [-0.2, 0) is 10.9 Å². The second-order valence-corrected chi connectivity index (χ2v) is 7.79. The van der Waals surface area contributed by atoms with Crippen LogP contribution < -0.4 is 10.6 Å². The maximum Gasteiger partial charge on any atom is 0.417 e. The van der Waals surface area contributed by atoms with Crippen LogP contribution in [0.4, 0.5) is 24.8 Å². The quantitative estimate of drug-likeness (QED) is 0.605. The molecule has 0 aliphatic rings. The van der Waals surface area contributed by atoms with E-state index in [2.05, 4.69) is 4.98 Å². The molecule has 7 nitrogen and oxygen atoms in total. The van der Waals surface area contributed by atoms with Crippen LogP contribution >= 0.6 is 11.6 Å². The first-order valence-corrected chi connectivity index (χ1v) is 9.42. The lowest BCUT2D eigenvalue weighted by Gasteiger charge is -2.20. The summed E-state index contributed by atoms with van der Waals surface area (Å²) < 4.78 is 44.4. The molecule has 0 aliphatic heterocycles. The molecule has 1 heterocycles. The summed E-state index contributed by atoms with van der Waals surface area (Å²) in [5.41, 5.74) is 3.64. The van der Waals surface area contributed by atoms with Crippen molar-refractivity contribution < 1.29 is 23.0 Å². The third-order valence-electron chi connectivity index (χ3n) is 4.14. The van der Waals surface area contributed by atoms with E-state index >= 15 is 0 Å². The molecule has 0 amide bonds. The predicted octanol–water partition coefficient (Wildman–Crippen LogP) is 4.44. The molecule has 0 saturated carbocycles. The predicted molar refractivity (Wildman–Crippen MR) is 113 cm³/mol. The van der Waals surface area contributed by atoms with Gasteiger partial charge in [0.25, 0.3) is 0 Å². The standard InChI is InChI=1S/C21H19ClF3N5O2/c1-20(2,31)11-32-7-6-30(3)19-14(10-27)17(13(9-26)18(28)29-19)12-4-5-15(16(22)8-12)21(23,24)25/h4-8,31H,11H2,1-3H3,(H2,28,29). The molecule has 1 aromatic heterocycles. The Kier molecular flexibility index (Phi) is 7.24. The minimum Gasteiger partial charge on any atom is -0.497 e. The summed E-state index contributed by atoms with van der Waals surface area (Å²) in [5, 5.41) is 28.4. The Labute approximate surface area is 187 Å². The summed E-state index contributed by atoms with van der Waals surface area (Å²) in [6, 6.07) is 6.67. The van der Waals surface area contributed by atoms with Gasteiger partial charge in [-0.25, -0.2) is 4.98 Å². The lowest BCUT2D eigenvalue weighted by atomic mass is 9.95. The highest BCUT2D eigenvalue weighted by molar-refractivity contribution is 6.31. The van der Waals surface area contributed by atoms with Crippen LogP contribution in [0.2, 0.25) is 5.02 Å². The van der Waals surface area contributed by atoms with Gasteiger partial charge in [0.05, 0.1) is 22.4 Å². The molecule has 0 radical (unpaired) electrons. The highest BCUT2D eigenvalue weighted by Crippen LogP contribution is 2.40. The number of nitrogen functional groups attached to an aromatic ring is 1. The van der Waals surface area contributed by atoms with Crippen molar-refractivity contribution in [2.45, 2.75) is 25.6 Å². The Balaban J connectivity index is 2.61. The van der Waals surface area contributed by atoms with Crippen molar-refractivity contribution in [1.82, 2.24) is 4.98 Å². The zero-order valence-corrected chi connectivity index (χ0v) is 18.1. The van der Waals surface area contributed by atoms with E-state index in [0.29, 0.717) is 0 Å². The van der Waals surface area contributed by atoms with E-state index in [1.807, 2.05) is 12.1 Å². The molecular weight excluding hydrogens is 447 g/mol. The van der Waals surface area contributed by atoms with Crippen molar-refractivity contribution in [3.05, 3.63) is 52.4 Å². The van der Waals surface area contributed by atoms with Gasteiger partial charge in [-0.15, -0.1) is 0 Å². The molecule has 0 fully saturated rings. The number of halogens is 4. The van der Waals surface area contributed by atoms with Crippen molar-refractivity contribution in [1.29, 1.82) is 10.5 Å². The molecule has 2 rings (SSSR count). The lowest BCUT2D eigenvalue weighted by molar-refractivity contribution is -0.137. The van der Waals surface area contributed by atoms with Crippen LogP contribution in [-0.4, -0.2) is 29.3 Å². The number of aliphatic hydroxyl groups is 1. The first-order valence-electron chi connectivity index (χ1n) is 9.04. The van der Waals surface area contributed by atoms with Crippen LogP contribution in [0.5, 0.6) is 0 Å². The molecule has 0 spiro atoms. The average Bonchev–Trinajstić information content (AvgIpc) is 2.68. The van der Waals surface area contributed by atoms with Crippen LogP contribution in [0.15, 0.2) is 30.7 Å². The lowest BCUT2D eigenvalue weighted by Crippen LogP contribution is -2.25. The number of alkyl halides is 3. The molecule has 32 heavy (non-hydrogen) atoms. The Morgan fingerprint density at radius 1 is 1.25 bits per heavy atom. The summed E-state index contributed by atoms with van der Waals surface area (Å²) in [7, 11) is 1.53. The zero-order chi connectivity index (χ0) is 24.3. The Morgan fingerprint density at radius 2 is 1.88 bits per heavy atom. The van der Waals surface area contributed by atoms with E-state index in [9.17, 15) is 28.8 Å². The Bertz CT molecular complexity index is 1130. The number of nitriles is 2. The number of benzene rings is 1. The number of anilines is 2. The van der Waals surface area contributed by atoms with Crippen molar-refractivity contribution in [2.24, 2.45) is 0 Å². The number of nitrogens with zero attached hydrogens (tertiary/aromatic N) is 4. The number of nitrogens with two attached hydrogens (primary N) is 1. The first kappa shape index (κ1) is 24.8. The maximum atomic E-state index is 13.1. The molecule has 11 heteroatoms. The van der Waals surface area contributed by atoms with Gasteiger partial charge < -0.3 is 20.5 Å². The fourth-order valence-corrected chi connectivity index (χ4v) is 3.00. The fraction of sp³-hybridized carbons (Fsp3) is 0.286. The third-order valence-corrected chi connectivity index (χ3v) is 4.46. The molecule has 0 aliphatic carbocycles. The molecule has 1 aromatic carbocycles. The van der Waals surface area contributed by atoms with Crippen molar-refractivity contribution >= 4 is 23.2 Å². The van der Waals surface area contributed by atoms with E-state index in [-0.39, 0.29) is 40.5 Å². The summed E-state index contributed by atoms with van der Waals surface area (Å²) in [6.45, 7) is 3.12. The SMILES string of the molecule is CN(C=COCC(C)(C)O)c1nc(N)c(C#N)c(-c2ccc(C(F)(F)F)c(Cl)c2)c1C#N. The van der Waals surface area contributed by atoms with Crippen LogP contribution in [0.1, 0.15) is 30.5 Å². The molecule has 3 N–H and O–H groups in total. The number of ether oxygens (including phenoxy) is 1. The minimum absolute atomic E-state index is 0.000683. The monoisotopic (exact) mass is 465 g/mol. The maximum absolute atomic E-state index is 13.1. The minimum atomic E-state index is -4.66. The van der Waals surface area contributed by atoms with Crippen LogP contribution in [0.3, 0.4) is 0 Å². The molecule has 0 atom stereocenters. The summed E-state index contributed by atoms with van der Waals surface area (Å²) in [5.74, 6) is -0.177. The zero-order valence-electron chi connectivity index (χ0n) is 17.3. The van der Waals surface area contributed by atoms with E-state index < -0.39 is 22.4 Å². The van der Waals surface area contributed by atoms with Gasteiger partial charge in [-0.3, -0.25) is 0 Å². The average molecular weight is 466 g/mol. The first-order chi connectivity index (χ1) is 14.8. The number of hydrogen-bond acceptors (Lipinski definition) is 7. The number of aromatic nitrogens is 1. The molecule has 0 unspecified atom stereocenters. The smallest absolute Gasteiger partial charge is 0.417 e. The third kappa shape index (κ3) is 5.61. The molecular formula is C21H19ClF3N5O2. The second kappa shape index (κ2) is 9.35. The topological polar surface area (TPSA) is 119 Å². The van der Waals surface area contributed by atoms with Gasteiger partial charge in [0.15, 0.2) is 5.82 Å². The van der Waals surface area contributed by atoms with E-state index in [0.717, 1.165) is 18.2 Å². The van der Waals surface area contributed by atoms with E-state index in [1.54, 1.807) is 13.8 Å². The highest BCUT2D eigenvalue weighted by atomic mass is 35.5. The summed E-state index contributed by atoms with van der Waals surface area (Å²) in [4.78, 5) is 5.48. The molecule has 0 bridgehead atoms. The summed E-state index contributed by atoms with van der Waals surface area (Å²) >= 11 is 5.83. The number of rotatable bonds is 6. The van der Waals surface area contributed by atoms with Gasteiger partial charge >= 0.3 is 6.18 Å².